The maximum atomic E-state index is 12.2. The lowest BCUT2D eigenvalue weighted by molar-refractivity contribution is 0.0693. The highest BCUT2D eigenvalue weighted by Gasteiger charge is 2.25. The van der Waals surface area contributed by atoms with Gasteiger partial charge in [0.1, 0.15) is 17.9 Å². The van der Waals surface area contributed by atoms with Crippen molar-refractivity contribution in [2.45, 2.75) is 25.4 Å². The average Bonchev–Trinajstić information content (AvgIpc) is 2.67. The Labute approximate surface area is 151 Å². The number of carbonyl (C=O) groups excluding carboxylic acids is 1. The Morgan fingerprint density at radius 3 is 2.42 bits per heavy atom. The molecule has 1 heterocycles. The highest BCUT2D eigenvalue weighted by Crippen LogP contribution is 2.31. The Hall–Kier alpha value is -3.02. The lowest BCUT2D eigenvalue weighted by Crippen LogP contribution is -2.38. The van der Waals surface area contributed by atoms with Crippen LogP contribution >= 0.6 is 0 Å². The quantitative estimate of drug-likeness (QED) is 0.875. The van der Waals surface area contributed by atoms with Crippen LogP contribution in [0.5, 0.6) is 5.75 Å². The predicted octanol–water partition coefficient (Wildman–Crippen LogP) is 3.61. The average molecular weight is 355 g/mol. The summed E-state index contributed by atoms with van der Waals surface area (Å²) in [5.41, 5.74) is 1.73. The van der Waals surface area contributed by atoms with Crippen molar-refractivity contribution in [2.24, 2.45) is 0 Å². The van der Waals surface area contributed by atoms with Gasteiger partial charge in [-0.15, -0.1) is 0 Å². The van der Waals surface area contributed by atoms with Crippen molar-refractivity contribution < 1.29 is 24.5 Å². The molecule has 2 aromatic carbocycles. The molecule has 3 rings (SSSR count). The fraction of sp³-hybridized carbons (Fsp3) is 0.300. The molecule has 0 unspecified atom stereocenters. The molecule has 1 saturated heterocycles. The van der Waals surface area contributed by atoms with Gasteiger partial charge in [0.2, 0.25) is 0 Å². The normalized spacial score (nSPS) is 14.8. The number of carbonyl (C=O) groups is 2. The molecule has 2 aromatic rings. The van der Waals surface area contributed by atoms with Crippen LogP contribution in [0.4, 0.5) is 4.79 Å². The molecule has 1 amide bonds. The number of rotatable bonds is 4. The number of ether oxygens (including phenoxy) is 1. The van der Waals surface area contributed by atoms with Crippen LogP contribution in [0.15, 0.2) is 48.5 Å². The van der Waals surface area contributed by atoms with Crippen LogP contribution in [0, 0.1) is 0 Å². The number of likely N-dealkylation sites (tertiary alicyclic amines) is 1. The summed E-state index contributed by atoms with van der Waals surface area (Å²) in [6.45, 7) is 1.36. The largest absolute Gasteiger partial charge is 0.507 e. The molecule has 0 bridgehead atoms. The van der Waals surface area contributed by atoms with E-state index < -0.39 is 5.97 Å². The van der Waals surface area contributed by atoms with Crippen molar-refractivity contribution in [1.29, 1.82) is 0 Å². The van der Waals surface area contributed by atoms with E-state index in [-0.39, 0.29) is 29.9 Å². The van der Waals surface area contributed by atoms with E-state index in [9.17, 15) is 14.7 Å². The van der Waals surface area contributed by atoms with E-state index in [4.69, 9.17) is 9.84 Å². The minimum atomic E-state index is -1.15. The molecule has 0 radical (unpaired) electrons. The molecule has 6 heteroatoms. The molecule has 1 aliphatic heterocycles. The Balaban J connectivity index is 1.55. The highest BCUT2D eigenvalue weighted by atomic mass is 16.6. The number of aromatic carboxylic acids is 1. The van der Waals surface area contributed by atoms with Gasteiger partial charge >= 0.3 is 12.1 Å². The van der Waals surface area contributed by atoms with Gasteiger partial charge in [0.25, 0.3) is 0 Å². The summed E-state index contributed by atoms with van der Waals surface area (Å²) >= 11 is 0. The van der Waals surface area contributed by atoms with Gasteiger partial charge < -0.3 is 19.8 Å². The first-order valence-corrected chi connectivity index (χ1v) is 8.56. The summed E-state index contributed by atoms with van der Waals surface area (Å²) in [6.07, 6.45) is 1.12. The topological polar surface area (TPSA) is 87.1 Å². The van der Waals surface area contributed by atoms with Crippen molar-refractivity contribution in [3.8, 4) is 5.75 Å². The van der Waals surface area contributed by atoms with Crippen LogP contribution < -0.4 is 0 Å². The number of benzene rings is 2. The molecule has 0 saturated carbocycles. The number of hydrogen-bond acceptors (Lipinski definition) is 4. The molecular formula is C20H21NO5. The van der Waals surface area contributed by atoms with E-state index in [0.29, 0.717) is 13.1 Å². The van der Waals surface area contributed by atoms with Gasteiger partial charge in [-0.1, -0.05) is 36.4 Å². The molecule has 0 atom stereocenters. The first-order chi connectivity index (χ1) is 12.5. The van der Waals surface area contributed by atoms with Gasteiger partial charge in [-0.05, 0) is 42.0 Å². The summed E-state index contributed by atoms with van der Waals surface area (Å²) < 4.78 is 5.35. The van der Waals surface area contributed by atoms with Crippen LogP contribution in [-0.4, -0.2) is 40.3 Å². The molecule has 0 aromatic heterocycles. The fourth-order valence-electron chi connectivity index (χ4n) is 3.18. The van der Waals surface area contributed by atoms with E-state index in [1.165, 1.54) is 12.1 Å². The van der Waals surface area contributed by atoms with Gasteiger partial charge in [0.05, 0.1) is 0 Å². The monoisotopic (exact) mass is 355 g/mol. The summed E-state index contributed by atoms with van der Waals surface area (Å²) in [5, 5.41) is 18.7. The van der Waals surface area contributed by atoms with E-state index in [0.717, 1.165) is 24.0 Å². The third-order valence-electron chi connectivity index (χ3n) is 4.68. The Bertz CT molecular complexity index is 782. The molecule has 6 nitrogen and oxygen atoms in total. The minimum absolute atomic E-state index is 0.0906. The zero-order valence-electron chi connectivity index (χ0n) is 14.3. The molecule has 1 aliphatic rings. The lowest BCUT2D eigenvalue weighted by atomic mass is 9.88. The van der Waals surface area contributed by atoms with E-state index >= 15 is 0 Å². The first-order valence-electron chi connectivity index (χ1n) is 8.56. The van der Waals surface area contributed by atoms with Gasteiger partial charge in [0.15, 0.2) is 0 Å². The van der Waals surface area contributed by atoms with E-state index in [1.54, 1.807) is 11.0 Å². The maximum Gasteiger partial charge on any atom is 0.410 e. The van der Waals surface area contributed by atoms with Gasteiger partial charge in [-0.25, -0.2) is 9.59 Å². The smallest absolute Gasteiger partial charge is 0.410 e. The number of phenols is 1. The minimum Gasteiger partial charge on any atom is -0.507 e. The van der Waals surface area contributed by atoms with Crippen molar-refractivity contribution in [3.05, 3.63) is 65.2 Å². The van der Waals surface area contributed by atoms with Gasteiger partial charge in [-0.2, -0.15) is 0 Å². The van der Waals surface area contributed by atoms with Crippen molar-refractivity contribution in [1.82, 2.24) is 4.90 Å². The van der Waals surface area contributed by atoms with Crippen molar-refractivity contribution in [3.63, 3.8) is 0 Å². The number of carboxylic acids is 1. The number of hydrogen-bond donors (Lipinski definition) is 2. The third kappa shape index (κ3) is 4.14. The summed E-state index contributed by atoms with van der Waals surface area (Å²) in [6, 6.07) is 14.2. The number of aromatic hydroxyl groups is 1. The van der Waals surface area contributed by atoms with Crippen LogP contribution in [-0.2, 0) is 11.3 Å². The van der Waals surface area contributed by atoms with E-state index in [2.05, 4.69) is 0 Å². The summed E-state index contributed by atoms with van der Waals surface area (Å²) in [7, 11) is 0. The van der Waals surface area contributed by atoms with Crippen molar-refractivity contribution in [2.75, 3.05) is 13.1 Å². The molecule has 1 fully saturated rings. The van der Waals surface area contributed by atoms with Gasteiger partial charge in [0, 0.05) is 13.1 Å². The Morgan fingerprint density at radius 1 is 1.08 bits per heavy atom. The second-order valence-electron chi connectivity index (χ2n) is 6.38. The number of nitrogens with zero attached hydrogens (tertiary/aromatic N) is 1. The first kappa shape index (κ1) is 17.8. The zero-order valence-corrected chi connectivity index (χ0v) is 14.3. The zero-order chi connectivity index (χ0) is 18.5. The molecule has 2 N–H and O–H groups in total. The molecular weight excluding hydrogens is 334 g/mol. The SMILES string of the molecule is O=C(O)c1cc(C2CCN(C(=O)OCc3ccccc3)CC2)ccc1O. The second kappa shape index (κ2) is 7.91. The van der Waals surface area contributed by atoms with Crippen LogP contribution in [0.2, 0.25) is 0 Å². The van der Waals surface area contributed by atoms with Crippen LogP contribution in [0.25, 0.3) is 0 Å². The third-order valence-corrected chi connectivity index (χ3v) is 4.68. The number of carboxylic acid groups (broad SMARTS) is 1. The highest BCUT2D eigenvalue weighted by molar-refractivity contribution is 5.91. The second-order valence-corrected chi connectivity index (χ2v) is 6.38. The Kier molecular flexibility index (Phi) is 5.41. The number of amides is 1. The summed E-state index contributed by atoms with van der Waals surface area (Å²) in [4.78, 5) is 25.0. The standard InChI is InChI=1S/C20H21NO5/c22-18-7-6-16(12-17(18)19(23)24)15-8-10-21(11-9-15)20(25)26-13-14-4-2-1-3-5-14/h1-7,12,15,22H,8-11,13H2,(H,23,24). The lowest BCUT2D eigenvalue weighted by Gasteiger charge is -2.31. The molecule has 0 spiro atoms. The predicted molar refractivity (Wildman–Crippen MR) is 95.2 cm³/mol. The van der Waals surface area contributed by atoms with Crippen LogP contribution in [0.3, 0.4) is 0 Å². The number of piperidine rings is 1. The van der Waals surface area contributed by atoms with Crippen molar-refractivity contribution >= 4 is 12.1 Å². The molecule has 0 aliphatic carbocycles. The van der Waals surface area contributed by atoms with Gasteiger partial charge in [-0.3, -0.25) is 0 Å². The maximum absolute atomic E-state index is 12.2. The van der Waals surface area contributed by atoms with Crippen LogP contribution in [0.1, 0.15) is 40.2 Å². The molecule has 26 heavy (non-hydrogen) atoms. The fourth-order valence-corrected chi connectivity index (χ4v) is 3.18. The van der Waals surface area contributed by atoms with E-state index in [1.807, 2.05) is 30.3 Å². The Morgan fingerprint density at radius 2 is 1.77 bits per heavy atom. The molecule has 136 valence electrons. The summed E-state index contributed by atoms with van der Waals surface area (Å²) in [5.74, 6) is -1.22.